The Morgan fingerprint density at radius 1 is 1.44 bits per heavy atom. The zero-order valence-electron chi connectivity index (χ0n) is 11.3. The lowest BCUT2D eigenvalue weighted by Crippen LogP contribution is -2.33. The molecule has 1 aliphatic carbocycles. The number of carbonyl (C=O) groups is 1. The van der Waals surface area contributed by atoms with E-state index >= 15 is 0 Å². The summed E-state index contributed by atoms with van der Waals surface area (Å²) in [4.78, 5) is 18.3. The molecule has 2 rings (SSSR count). The van der Waals surface area contributed by atoms with Gasteiger partial charge in [-0.25, -0.2) is 9.78 Å². The highest BCUT2D eigenvalue weighted by molar-refractivity contribution is 7.17. The van der Waals surface area contributed by atoms with Gasteiger partial charge < -0.3 is 10.0 Å². The van der Waals surface area contributed by atoms with Crippen molar-refractivity contribution in [2.75, 3.05) is 11.9 Å². The molecule has 1 unspecified atom stereocenters. The van der Waals surface area contributed by atoms with Gasteiger partial charge in [0.05, 0.1) is 5.69 Å². The van der Waals surface area contributed by atoms with E-state index in [1.165, 1.54) is 11.3 Å². The van der Waals surface area contributed by atoms with E-state index < -0.39 is 5.97 Å². The first-order valence-electron chi connectivity index (χ1n) is 6.38. The van der Waals surface area contributed by atoms with Gasteiger partial charge in [-0.3, -0.25) is 0 Å². The van der Waals surface area contributed by atoms with Gasteiger partial charge in [-0.1, -0.05) is 25.2 Å². The highest BCUT2D eigenvalue weighted by atomic mass is 32.1. The van der Waals surface area contributed by atoms with Gasteiger partial charge in [0.15, 0.2) is 5.13 Å². The van der Waals surface area contributed by atoms with Crippen molar-refractivity contribution in [3.63, 3.8) is 0 Å². The fourth-order valence-electron chi connectivity index (χ4n) is 1.88. The van der Waals surface area contributed by atoms with E-state index in [0.29, 0.717) is 22.8 Å². The lowest BCUT2D eigenvalue weighted by atomic mass is 10.1. The van der Waals surface area contributed by atoms with Crippen LogP contribution in [0.3, 0.4) is 0 Å². The zero-order chi connectivity index (χ0) is 13.4. The van der Waals surface area contributed by atoms with Crippen molar-refractivity contribution in [3.05, 3.63) is 10.6 Å². The molecule has 1 fully saturated rings. The van der Waals surface area contributed by atoms with Crippen LogP contribution in [0, 0.1) is 5.92 Å². The number of nitrogens with zero attached hydrogens (tertiary/aromatic N) is 2. The Kier molecular flexibility index (Phi) is 3.61. The summed E-state index contributed by atoms with van der Waals surface area (Å²) >= 11 is 1.31. The van der Waals surface area contributed by atoms with E-state index in [0.717, 1.165) is 23.7 Å². The summed E-state index contributed by atoms with van der Waals surface area (Å²) in [5, 5.41) is 10.1. The van der Waals surface area contributed by atoms with Crippen molar-refractivity contribution in [1.29, 1.82) is 0 Å². The number of hydrogen-bond acceptors (Lipinski definition) is 4. The quantitative estimate of drug-likeness (QED) is 0.891. The number of carboxylic acid groups (broad SMARTS) is 1. The molecule has 1 atom stereocenters. The molecule has 18 heavy (non-hydrogen) atoms. The summed E-state index contributed by atoms with van der Waals surface area (Å²) < 4.78 is 0. The van der Waals surface area contributed by atoms with E-state index in [9.17, 15) is 9.90 Å². The van der Waals surface area contributed by atoms with Crippen LogP contribution in [0.2, 0.25) is 0 Å². The first-order chi connectivity index (χ1) is 8.41. The highest BCUT2D eigenvalue weighted by Gasteiger charge is 2.33. The molecule has 1 aliphatic rings. The maximum Gasteiger partial charge on any atom is 0.347 e. The average Bonchev–Trinajstić information content (AvgIpc) is 3.05. The molecule has 4 nitrogen and oxygen atoms in total. The van der Waals surface area contributed by atoms with Crippen LogP contribution in [0.4, 0.5) is 5.13 Å². The molecule has 1 heterocycles. The Bertz CT molecular complexity index is 452. The van der Waals surface area contributed by atoms with Crippen LogP contribution < -0.4 is 4.90 Å². The van der Waals surface area contributed by atoms with Crippen LogP contribution >= 0.6 is 11.3 Å². The summed E-state index contributed by atoms with van der Waals surface area (Å²) in [6.07, 6.45) is 2.15. The number of anilines is 1. The van der Waals surface area contributed by atoms with Gasteiger partial charge in [0, 0.05) is 19.0 Å². The van der Waals surface area contributed by atoms with Crippen LogP contribution in [0.5, 0.6) is 0 Å². The minimum Gasteiger partial charge on any atom is -0.477 e. The van der Waals surface area contributed by atoms with Gasteiger partial charge in [0.25, 0.3) is 0 Å². The lowest BCUT2D eigenvalue weighted by Gasteiger charge is -2.27. The van der Waals surface area contributed by atoms with Gasteiger partial charge in [-0.05, 0) is 25.7 Å². The zero-order valence-corrected chi connectivity index (χ0v) is 12.1. The number of rotatable bonds is 5. The molecule has 0 radical (unpaired) electrons. The van der Waals surface area contributed by atoms with Crippen molar-refractivity contribution >= 4 is 22.4 Å². The molecule has 100 valence electrons. The Labute approximate surface area is 112 Å². The SMILES string of the molecule is CC(C)C(C)N(C)c1nc(C2CC2)c(C(=O)O)s1. The third-order valence-corrected chi connectivity index (χ3v) is 4.83. The van der Waals surface area contributed by atoms with E-state index in [4.69, 9.17) is 0 Å². The minimum absolute atomic E-state index is 0.352. The molecule has 0 amide bonds. The largest absolute Gasteiger partial charge is 0.477 e. The predicted molar refractivity (Wildman–Crippen MR) is 73.8 cm³/mol. The first kappa shape index (κ1) is 13.3. The standard InChI is InChI=1S/C13H20N2O2S/c1-7(2)8(3)15(4)13-14-10(9-5-6-9)11(18-13)12(16)17/h7-9H,5-6H2,1-4H3,(H,16,17). The molecule has 1 aromatic rings. The van der Waals surface area contributed by atoms with Gasteiger partial charge in [0.1, 0.15) is 4.88 Å². The second kappa shape index (κ2) is 4.88. The van der Waals surface area contributed by atoms with Crippen molar-refractivity contribution < 1.29 is 9.90 Å². The predicted octanol–water partition coefficient (Wildman–Crippen LogP) is 3.20. The second-order valence-corrected chi connectivity index (χ2v) is 6.36. The number of carboxylic acids is 1. The summed E-state index contributed by atoms with van der Waals surface area (Å²) in [5.74, 6) is 0.0478. The summed E-state index contributed by atoms with van der Waals surface area (Å²) in [5.41, 5.74) is 0.797. The Morgan fingerprint density at radius 3 is 2.50 bits per heavy atom. The van der Waals surface area contributed by atoms with Gasteiger partial charge in [-0.15, -0.1) is 0 Å². The first-order valence-corrected chi connectivity index (χ1v) is 7.20. The molecular weight excluding hydrogens is 248 g/mol. The van der Waals surface area contributed by atoms with Gasteiger partial charge in [0.2, 0.25) is 0 Å². The van der Waals surface area contributed by atoms with E-state index in [1.54, 1.807) is 0 Å². The van der Waals surface area contributed by atoms with Crippen molar-refractivity contribution in [2.24, 2.45) is 5.92 Å². The second-order valence-electron chi connectivity index (χ2n) is 5.39. The van der Waals surface area contributed by atoms with Gasteiger partial charge in [-0.2, -0.15) is 0 Å². The molecule has 0 aliphatic heterocycles. The van der Waals surface area contributed by atoms with Crippen molar-refractivity contribution in [1.82, 2.24) is 4.98 Å². The maximum absolute atomic E-state index is 11.2. The van der Waals surface area contributed by atoms with Crippen LogP contribution in [0.15, 0.2) is 0 Å². The monoisotopic (exact) mass is 268 g/mol. The molecule has 0 spiro atoms. The molecular formula is C13H20N2O2S. The fourth-order valence-corrected chi connectivity index (χ4v) is 2.92. The number of aromatic carboxylic acids is 1. The Hall–Kier alpha value is -1.10. The van der Waals surface area contributed by atoms with Crippen LogP contribution in [0.25, 0.3) is 0 Å². The minimum atomic E-state index is -0.841. The fraction of sp³-hybridized carbons (Fsp3) is 0.692. The van der Waals surface area contributed by atoms with E-state index in [2.05, 4.69) is 30.7 Å². The molecule has 0 aromatic carbocycles. The summed E-state index contributed by atoms with van der Waals surface area (Å²) in [6.45, 7) is 6.46. The smallest absolute Gasteiger partial charge is 0.347 e. The number of thiazole rings is 1. The molecule has 0 saturated heterocycles. The highest BCUT2D eigenvalue weighted by Crippen LogP contribution is 2.44. The summed E-state index contributed by atoms with van der Waals surface area (Å²) in [7, 11) is 1.99. The summed E-state index contributed by atoms with van der Waals surface area (Å²) in [6, 6.07) is 0.352. The molecule has 1 saturated carbocycles. The lowest BCUT2D eigenvalue weighted by molar-refractivity contribution is 0.0700. The molecule has 5 heteroatoms. The molecule has 1 N–H and O–H groups in total. The maximum atomic E-state index is 11.2. The van der Waals surface area contributed by atoms with Crippen molar-refractivity contribution in [3.8, 4) is 0 Å². The van der Waals surface area contributed by atoms with Crippen LogP contribution in [0.1, 0.15) is 54.9 Å². The Balaban J connectivity index is 2.28. The van der Waals surface area contributed by atoms with Crippen LogP contribution in [-0.2, 0) is 0 Å². The third kappa shape index (κ3) is 2.51. The number of hydrogen-bond donors (Lipinski definition) is 1. The molecule has 0 bridgehead atoms. The topological polar surface area (TPSA) is 53.4 Å². The van der Waals surface area contributed by atoms with Gasteiger partial charge >= 0.3 is 5.97 Å². The third-order valence-electron chi connectivity index (χ3n) is 3.68. The van der Waals surface area contributed by atoms with E-state index in [1.807, 2.05) is 7.05 Å². The van der Waals surface area contributed by atoms with Crippen molar-refractivity contribution in [2.45, 2.75) is 45.6 Å². The van der Waals surface area contributed by atoms with Crippen LogP contribution in [-0.4, -0.2) is 29.1 Å². The average molecular weight is 268 g/mol. The Morgan fingerprint density at radius 2 is 2.06 bits per heavy atom. The molecule has 1 aromatic heterocycles. The normalized spacial score (nSPS) is 16.9. The number of aromatic nitrogens is 1. The van der Waals surface area contributed by atoms with E-state index in [-0.39, 0.29) is 0 Å².